The van der Waals surface area contributed by atoms with E-state index in [4.69, 9.17) is 9.84 Å². The molecular weight excluding hydrogens is 330 g/mol. The Hall–Kier alpha value is -1.63. The molecule has 1 saturated heterocycles. The Morgan fingerprint density at radius 2 is 1.92 bits per heavy atom. The van der Waals surface area contributed by atoms with E-state index in [0.717, 1.165) is 13.8 Å². The standard InChI is InChI=1S/C13H21NO10/c1-5(16)14-9-7(18)3-13(22,12(21)23-6(2)17)24-11(9)10(20)8(19)4-15/h7-11,15,18-20,22H,3-4H2,1-2H3,(H,14,16)/t7-,8?,9+,10?,11+,13?/m0/s1. The summed E-state index contributed by atoms with van der Waals surface area (Å²) in [6.45, 7) is 1.13. The van der Waals surface area contributed by atoms with Gasteiger partial charge in [-0.3, -0.25) is 9.59 Å². The lowest BCUT2D eigenvalue weighted by molar-refractivity contribution is -0.295. The zero-order valence-electron chi connectivity index (χ0n) is 13.1. The number of amides is 1. The molecule has 24 heavy (non-hydrogen) atoms. The molecule has 0 aromatic heterocycles. The van der Waals surface area contributed by atoms with Gasteiger partial charge in [0.15, 0.2) is 0 Å². The summed E-state index contributed by atoms with van der Waals surface area (Å²) in [5.74, 6) is -5.97. The summed E-state index contributed by atoms with van der Waals surface area (Å²) < 4.78 is 9.27. The lowest BCUT2D eigenvalue weighted by atomic mass is 9.88. The van der Waals surface area contributed by atoms with Crippen molar-refractivity contribution in [2.75, 3.05) is 6.61 Å². The molecule has 1 amide bonds. The number of aliphatic hydroxyl groups is 5. The molecule has 1 rings (SSSR count). The number of nitrogens with one attached hydrogen (secondary N) is 1. The molecule has 3 unspecified atom stereocenters. The lowest BCUT2D eigenvalue weighted by Crippen LogP contribution is -2.67. The minimum atomic E-state index is -2.79. The number of aliphatic hydroxyl groups excluding tert-OH is 4. The number of hydrogen-bond donors (Lipinski definition) is 6. The third-order valence-electron chi connectivity index (χ3n) is 3.43. The van der Waals surface area contributed by atoms with Crippen LogP contribution in [0.15, 0.2) is 0 Å². The highest BCUT2D eigenvalue weighted by molar-refractivity contribution is 5.88. The molecule has 1 aliphatic heterocycles. The molecule has 0 saturated carbocycles. The topological polar surface area (TPSA) is 183 Å². The average molecular weight is 351 g/mol. The summed E-state index contributed by atoms with van der Waals surface area (Å²) in [5, 5.41) is 51.0. The average Bonchev–Trinajstić information content (AvgIpc) is 2.47. The highest BCUT2D eigenvalue weighted by Crippen LogP contribution is 2.31. The molecule has 1 aliphatic rings. The van der Waals surface area contributed by atoms with Crippen molar-refractivity contribution in [3.63, 3.8) is 0 Å². The molecule has 6 N–H and O–H groups in total. The van der Waals surface area contributed by atoms with E-state index >= 15 is 0 Å². The maximum Gasteiger partial charge on any atom is 0.374 e. The Balaban J connectivity index is 3.11. The number of esters is 2. The molecule has 1 fully saturated rings. The lowest BCUT2D eigenvalue weighted by Gasteiger charge is -2.44. The molecule has 11 heteroatoms. The van der Waals surface area contributed by atoms with Crippen molar-refractivity contribution in [3.8, 4) is 0 Å². The third-order valence-corrected chi connectivity index (χ3v) is 3.43. The Morgan fingerprint density at radius 3 is 2.38 bits per heavy atom. The number of ether oxygens (including phenoxy) is 2. The summed E-state index contributed by atoms with van der Waals surface area (Å²) in [7, 11) is 0. The van der Waals surface area contributed by atoms with Crippen molar-refractivity contribution in [1.29, 1.82) is 0 Å². The van der Waals surface area contributed by atoms with Crippen LogP contribution in [0, 0.1) is 0 Å². The Labute approximate surface area is 136 Å². The SMILES string of the molecule is CC(=O)N[C@@H]1[C@@H](O)CC(O)(C(=O)OC(C)=O)O[C@H]1C(O)C(O)CO. The van der Waals surface area contributed by atoms with Crippen LogP contribution in [0.3, 0.4) is 0 Å². The van der Waals surface area contributed by atoms with Gasteiger partial charge in [-0.1, -0.05) is 0 Å². The van der Waals surface area contributed by atoms with Gasteiger partial charge in [-0.05, 0) is 0 Å². The minimum absolute atomic E-state index is 0.616. The van der Waals surface area contributed by atoms with Crippen LogP contribution >= 0.6 is 0 Å². The summed E-state index contributed by atoms with van der Waals surface area (Å²) in [6.07, 6.45) is -7.65. The van der Waals surface area contributed by atoms with E-state index in [1.807, 2.05) is 0 Å². The molecule has 0 radical (unpaired) electrons. The summed E-state index contributed by atoms with van der Waals surface area (Å²) in [4.78, 5) is 33.9. The van der Waals surface area contributed by atoms with Gasteiger partial charge >= 0.3 is 11.9 Å². The molecule has 1 heterocycles. The van der Waals surface area contributed by atoms with E-state index < -0.39 is 67.1 Å². The summed E-state index contributed by atoms with van der Waals surface area (Å²) in [5.41, 5.74) is 0. The Kier molecular flexibility index (Phi) is 6.77. The number of carbonyl (C=O) groups excluding carboxylic acids is 3. The van der Waals surface area contributed by atoms with Gasteiger partial charge in [0.05, 0.1) is 18.8 Å². The predicted molar refractivity (Wildman–Crippen MR) is 73.9 cm³/mol. The Bertz CT molecular complexity index is 497. The van der Waals surface area contributed by atoms with Crippen LogP contribution in [0.2, 0.25) is 0 Å². The monoisotopic (exact) mass is 351 g/mol. The van der Waals surface area contributed by atoms with Crippen molar-refractivity contribution in [2.24, 2.45) is 0 Å². The second kappa shape index (κ2) is 7.96. The van der Waals surface area contributed by atoms with Crippen molar-refractivity contribution in [3.05, 3.63) is 0 Å². The van der Waals surface area contributed by atoms with E-state index in [-0.39, 0.29) is 0 Å². The van der Waals surface area contributed by atoms with Crippen LogP contribution in [0.5, 0.6) is 0 Å². The zero-order chi connectivity index (χ0) is 18.7. The maximum atomic E-state index is 11.8. The maximum absolute atomic E-state index is 11.8. The highest BCUT2D eigenvalue weighted by Gasteiger charge is 2.54. The van der Waals surface area contributed by atoms with Gasteiger partial charge in [0.2, 0.25) is 5.91 Å². The fraction of sp³-hybridized carbons (Fsp3) is 0.769. The molecule has 0 aliphatic carbocycles. The van der Waals surface area contributed by atoms with Crippen molar-refractivity contribution >= 4 is 17.8 Å². The van der Waals surface area contributed by atoms with Crippen molar-refractivity contribution in [2.45, 2.75) is 56.5 Å². The molecule has 0 bridgehead atoms. The largest absolute Gasteiger partial charge is 0.394 e. The normalized spacial score (nSPS) is 32.5. The van der Waals surface area contributed by atoms with Crippen LogP contribution in [0.4, 0.5) is 0 Å². The van der Waals surface area contributed by atoms with Gasteiger partial charge < -0.3 is 40.3 Å². The number of hydrogen-bond acceptors (Lipinski definition) is 10. The molecule has 0 aromatic carbocycles. The molecular formula is C13H21NO10. The minimum Gasteiger partial charge on any atom is -0.394 e. The Morgan fingerprint density at radius 1 is 1.33 bits per heavy atom. The first-order chi connectivity index (χ1) is 11.0. The van der Waals surface area contributed by atoms with E-state index in [0.29, 0.717) is 0 Å². The van der Waals surface area contributed by atoms with Gasteiger partial charge in [0.25, 0.3) is 5.79 Å². The smallest absolute Gasteiger partial charge is 0.374 e. The molecule has 11 nitrogen and oxygen atoms in total. The van der Waals surface area contributed by atoms with Gasteiger partial charge in [0.1, 0.15) is 18.3 Å². The molecule has 6 atom stereocenters. The van der Waals surface area contributed by atoms with E-state index in [2.05, 4.69) is 10.1 Å². The van der Waals surface area contributed by atoms with Crippen LogP contribution < -0.4 is 5.32 Å². The molecule has 0 aromatic rings. The van der Waals surface area contributed by atoms with Crippen molar-refractivity contribution < 1.29 is 49.4 Å². The van der Waals surface area contributed by atoms with Crippen LogP contribution in [-0.4, -0.2) is 86.2 Å². The van der Waals surface area contributed by atoms with E-state index in [9.17, 15) is 34.8 Å². The first kappa shape index (κ1) is 20.4. The van der Waals surface area contributed by atoms with E-state index in [1.165, 1.54) is 0 Å². The van der Waals surface area contributed by atoms with Gasteiger partial charge in [0, 0.05) is 20.3 Å². The van der Waals surface area contributed by atoms with Gasteiger partial charge in [-0.25, -0.2) is 4.79 Å². The van der Waals surface area contributed by atoms with Crippen LogP contribution in [0.1, 0.15) is 20.3 Å². The van der Waals surface area contributed by atoms with Gasteiger partial charge in [-0.15, -0.1) is 0 Å². The van der Waals surface area contributed by atoms with E-state index in [1.54, 1.807) is 0 Å². The fourth-order valence-corrected chi connectivity index (χ4v) is 2.34. The van der Waals surface area contributed by atoms with Crippen LogP contribution in [0.25, 0.3) is 0 Å². The quantitative estimate of drug-likeness (QED) is 0.212. The third kappa shape index (κ3) is 4.69. The molecule has 0 spiro atoms. The number of carbonyl (C=O) groups is 3. The second-order valence-corrected chi connectivity index (χ2v) is 5.49. The van der Waals surface area contributed by atoms with Gasteiger partial charge in [-0.2, -0.15) is 0 Å². The second-order valence-electron chi connectivity index (χ2n) is 5.49. The predicted octanol–water partition coefficient (Wildman–Crippen LogP) is -3.87. The molecule has 138 valence electrons. The number of rotatable bonds is 5. The first-order valence-electron chi connectivity index (χ1n) is 7.07. The highest BCUT2D eigenvalue weighted by atomic mass is 16.7. The summed E-state index contributed by atoms with van der Waals surface area (Å²) in [6, 6.07) is -1.30. The van der Waals surface area contributed by atoms with Crippen molar-refractivity contribution in [1.82, 2.24) is 5.32 Å². The fourth-order valence-electron chi connectivity index (χ4n) is 2.34. The summed E-state index contributed by atoms with van der Waals surface area (Å²) >= 11 is 0. The zero-order valence-corrected chi connectivity index (χ0v) is 13.1. The first-order valence-corrected chi connectivity index (χ1v) is 7.07. The van der Waals surface area contributed by atoms with Crippen LogP contribution in [-0.2, 0) is 23.9 Å².